The normalized spacial score (nSPS) is 24.5. The van der Waals surface area contributed by atoms with Gasteiger partial charge in [-0.3, -0.25) is 19.3 Å². The first-order valence-electron chi connectivity index (χ1n) is 7.01. The molecule has 3 rings (SSSR count). The van der Waals surface area contributed by atoms with Crippen LogP contribution in [0.3, 0.4) is 0 Å². The largest absolute Gasteiger partial charge is 0.385 e. The third-order valence-electron chi connectivity index (χ3n) is 4.10. The molecule has 2 aliphatic rings. The molecule has 2 aliphatic heterocycles. The Labute approximate surface area is 122 Å². The van der Waals surface area contributed by atoms with Crippen LogP contribution in [0.25, 0.3) is 0 Å². The number of amides is 3. The Morgan fingerprint density at radius 2 is 2.10 bits per heavy atom. The van der Waals surface area contributed by atoms with E-state index in [1.54, 1.807) is 0 Å². The number of para-hydroxylation sites is 1. The lowest BCUT2D eigenvalue weighted by Gasteiger charge is -2.26. The Morgan fingerprint density at radius 3 is 2.81 bits per heavy atom. The van der Waals surface area contributed by atoms with Crippen molar-refractivity contribution in [2.75, 3.05) is 18.9 Å². The fourth-order valence-corrected chi connectivity index (χ4v) is 2.88. The average Bonchev–Trinajstić information content (AvgIpc) is 2.74. The Bertz CT molecular complexity index is 614. The summed E-state index contributed by atoms with van der Waals surface area (Å²) in [5.41, 5.74) is 1.89. The first kappa shape index (κ1) is 13.6. The number of benzene rings is 1. The van der Waals surface area contributed by atoms with E-state index in [1.165, 1.54) is 7.05 Å². The maximum atomic E-state index is 12.5. The van der Waals surface area contributed by atoms with Gasteiger partial charge in [0.2, 0.25) is 11.8 Å². The van der Waals surface area contributed by atoms with E-state index in [1.807, 2.05) is 24.3 Å². The SMILES string of the molecule is CN1C(=O)CC(NC(=O)C2CCNc3ccccc32)C1=O. The molecule has 0 bridgehead atoms. The first-order chi connectivity index (χ1) is 10.1. The van der Waals surface area contributed by atoms with Gasteiger partial charge in [-0.2, -0.15) is 0 Å². The van der Waals surface area contributed by atoms with E-state index in [4.69, 9.17) is 0 Å². The van der Waals surface area contributed by atoms with E-state index in [9.17, 15) is 14.4 Å². The van der Waals surface area contributed by atoms with Gasteiger partial charge in [-0.25, -0.2) is 0 Å². The monoisotopic (exact) mass is 287 g/mol. The van der Waals surface area contributed by atoms with Crippen LogP contribution in [0.5, 0.6) is 0 Å². The maximum absolute atomic E-state index is 12.5. The minimum absolute atomic E-state index is 0.0493. The minimum Gasteiger partial charge on any atom is -0.385 e. The van der Waals surface area contributed by atoms with Gasteiger partial charge in [0.25, 0.3) is 5.91 Å². The summed E-state index contributed by atoms with van der Waals surface area (Å²) in [6, 6.07) is 6.94. The number of imide groups is 1. The summed E-state index contributed by atoms with van der Waals surface area (Å²) in [5.74, 6) is -1.06. The molecule has 2 heterocycles. The number of fused-ring (bicyclic) bond motifs is 1. The lowest BCUT2D eigenvalue weighted by molar-refractivity contribution is -0.138. The van der Waals surface area contributed by atoms with Crippen LogP contribution >= 0.6 is 0 Å². The first-order valence-corrected chi connectivity index (χ1v) is 7.01. The number of likely N-dealkylation sites (N-methyl/N-ethyl adjacent to an activating group) is 1. The molecule has 0 aliphatic carbocycles. The van der Waals surface area contributed by atoms with Crippen LogP contribution in [0.2, 0.25) is 0 Å². The number of nitrogens with one attached hydrogen (secondary N) is 2. The molecule has 2 unspecified atom stereocenters. The van der Waals surface area contributed by atoms with Crippen molar-refractivity contribution in [2.45, 2.75) is 24.8 Å². The fourth-order valence-electron chi connectivity index (χ4n) is 2.88. The van der Waals surface area contributed by atoms with Crippen molar-refractivity contribution in [3.63, 3.8) is 0 Å². The van der Waals surface area contributed by atoms with Crippen molar-refractivity contribution in [2.24, 2.45) is 0 Å². The second-order valence-corrected chi connectivity index (χ2v) is 5.41. The molecule has 2 atom stereocenters. The van der Waals surface area contributed by atoms with Gasteiger partial charge in [0.15, 0.2) is 0 Å². The number of likely N-dealkylation sites (tertiary alicyclic amines) is 1. The van der Waals surface area contributed by atoms with Crippen LogP contribution in [0, 0.1) is 0 Å². The predicted octanol–water partition coefficient (Wildman–Crippen LogP) is 0.459. The highest BCUT2D eigenvalue weighted by molar-refractivity contribution is 6.07. The summed E-state index contributed by atoms with van der Waals surface area (Å²) in [4.78, 5) is 36.9. The van der Waals surface area contributed by atoms with Gasteiger partial charge in [-0.1, -0.05) is 18.2 Å². The highest BCUT2D eigenvalue weighted by atomic mass is 16.2. The summed E-state index contributed by atoms with van der Waals surface area (Å²) in [6.07, 6.45) is 0.723. The van der Waals surface area contributed by atoms with Gasteiger partial charge < -0.3 is 10.6 Å². The molecule has 1 aromatic carbocycles. The molecule has 6 nitrogen and oxygen atoms in total. The van der Waals surface area contributed by atoms with Crippen molar-refractivity contribution >= 4 is 23.4 Å². The highest BCUT2D eigenvalue weighted by Gasteiger charge is 2.38. The van der Waals surface area contributed by atoms with Crippen molar-refractivity contribution in [3.8, 4) is 0 Å². The fraction of sp³-hybridized carbons (Fsp3) is 0.400. The summed E-state index contributed by atoms with van der Waals surface area (Å²) in [5, 5.41) is 5.98. The Kier molecular flexibility index (Phi) is 3.37. The number of rotatable bonds is 2. The molecule has 3 amide bonds. The molecule has 1 fully saturated rings. The van der Waals surface area contributed by atoms with Crippen LogP contribution in [-0.2, 0) is 14.4 Å². The van der Waals surface area contributed by atoms with Gasteiger partial charge in [0.1, 0.15) is 6.04 Å². The topological polar surface area (TPSA) is 78.5 Å². The Morgan fingerprint density at radius 1 is 1.33 bits per heavy atom. The van der Waals surface area contributed by atoms with E-state index in [0.717, 1.165) is 16.2 Å². The lowest BCUT2D eigenvalue weighted by atomic mass is 9.90. The summed E-state index contributed by atoms with van der Waals surface area (Å²) < 4.78 is 0. The third kappa shape index (κ3) is 2.37. The lowest BCUT2D eigenvalue weighted by Crippen LogP contribution is -2.43. The molecular formula is C15H17N3O3. The number of carbonyl (C=O) groups is 3. The zero-order valence-electron chi connectivity index (χ0n) is 11.8. The molecule has 0 saturated carbocycles. The summed E-state index contributed by atoms with van der Waals surface area (Å²) in [7, 11) is 1.44. The average molecular weight is 287 g/mol. The van der Waals surface area contributed by atoms with E-state index in [-0.39, 0.29) is 30.1 Å². The molecule has 110 valence electrons. The molecule has 21 heavy (non-hydrogen) atoms. The molecular weight excluding hydrogens is 270 g/mol. The van der Waals surface area contributed by atoms with Crippen molar-refractivity contribution < 1.29 is 14.4 Å². The second-order valence-electron chi connectivity index (χ2n) is 5.41. The van der Waals surface area contributed by atoms with E-state index >= 15 is 0 Å². The zero-order valence-corrected chi connectivity index (χ0v) is 11.8. The molecule has 0 radical (unpaired) electrons. The number of hydrogen-bond acceptors (Lipinski definition) is 4. The Hall–Kier alpha value is -2.37. The van der Waals surface area contributed by atoms with Crippen LogP contribution in [0.4, 0.5) is 5.69 Å². The molecule has 0 spiro atoms. The van der Waals surface area contributed by atoms with Crippen LogP contribution < -0.4 is 10.6 Å². The second kappa shape index (κ2) is 5.20. The van der Waals surface area contributed by atoms with Crippen LogP contribution in [-0.4, -0.2) is 42.3 Å². The van der Waals surface area contributed by atoms with E-state index < -0.39 is 6.04 Å². The quantitative estimate of drug-likeness (QED) is 0.775. The number of carbonyl (C=O) groups excluding carboxylic acids is 3. The number of anilines is 1. The highest BCUT2D eigenvalue weighted by Crippen LogP contribution is 2.31. The standard InChI is InChI=1S/C15H17N3O3/c1-18-13(19)8-12(15(18)21)17-14(20)10-6-7-16-11-5-3-2-4-9(10)11/h2-5,10,12,16H,6-8H2,1H3,(H,17,20). The smallest absolute Gasteiger partial charge is 0.252 e. The van der Waals surface area contributed by atoms with Crippen molar-refractivity contribution in [1.82, 2.24) is 10.2 Å². The van der Waals surface area contributed by atoms with E-state index in [0.29, 0.717) is 13.0 Å². The summed E-state index contributed by atoms with van der Waals surface area (Å²) in [6.45, 7) is 0.715. The molecule has 6 heteroatoms. The number of nitrogens with zero attached hydrogens (tertiary/aromatic N) is 1. The van der Waals surface area contributed by atoms with Crippen LogP contribution in [0.15, 0.2) is 24.3 Å². The van der Waals surface area contributed by atoms with Crippen molar-refractivity contribution in [1.29, 1.82) is 0 Å². The molecule has 1 aromatic rings. The molecule has 1 saturated heterocycles. The van der Waals surface area contributed by atoms with Crippen molar-refractivity contribution in [3.05, 3.63) is 29.8 Å². The van der Waals surface area contributed by atoms with Gasteiger partial charge in [-0.15, -0.1) is 0 Å². The van der Waals surface area contributed by atoms with Gasteiger partial charge in [0.05, 0.1) is 12.3 Å². The zero-order chi connectivity index (χ0) is 15.0. The summed E-state index contributed by atoms with van der Waals surface area (Å²) >= 11 is 0. The predicted molar refractivity (Wildman–Crippen MR) is 76.6 cm³/mol. The third-order valence-corrected chi connectivity index (χ3v) is 4.10. The minimum atomic E-state index is -0.725. The maximum Gasteiger partial charge on any atom is 0.252 e. The van der Waals surface area contributed by atoms with Gasteiger partial charge >= 0.3 is 0 Å². The van der Waals surface area contributed by atoms with Gasteiger partial charge in [-0.05, 0) is 18.1 Å². The van der Waals surface area contributed by atoms with Crippen LogP contribution in [0.1, 0.15) is 24.3 Å². The number of hydrogen-bond donors (Lipinski definition) is 2. The van der Waals surface area contributed by atoms with E-state index in [2.05, 4.69) is 10.6 Å². The molecule has 0 aromatic heterocycles. The van der Waals surface area contributed by atoms with Gasteiger partial charge in [0, 0.05) is 19.3 Å². The molecule has 2 N–H and O–H groups in total. The Balaban J connectivity index is 1.75.